The van der Waals surface area contributed by atoms with Crippen molar-refractivity contribution in [2.45, 2.75) is 6.92 Å². The maximum absolute atomic E-state index is 13.5. The van der Waals surface area contributed by atoms with Crippen LogP contribution in [0.4, 0.5) is 15.8 Å². The number of amides is 2. The van der Waals surface area contributed by atoms with Crippen molar-refractivity contribution in [1.29, 1.82) is 0 Å². The van der Waals surface area contributed by atoms with E-state index in [1.807, 2.05) is 0 Å². The zero-order valence-corrected chi connectivity index (χ0v) is 17.5. The molecule has 4 rings (SSSR count). The van der Waals surface area contributed by atoms with Crippen LogP contribution < -0.4 is 15.0 Å². The van der Waals surface area contributed by atoms with Gasteiger partial charge in [-0.25, -0.2) is 9.29 Å². The van der Waals surface area contributed by atoms with Crippen molar-refractivity contribution in [2.24, 2.45) is 0 Å². The Morgan fingerprint density at radius 3 is 2.39 bits per heavy atom. The van der Waals surface area contributed by atoms with Crippen molar-refractivity contribution in [3.63, 3.8) is 0 Å². The summed E-state index contributed by atoms with van der Waals surface area (Å²) in [6.45, 7) is 1.74. The molecular weight excluding hydrogens is 419 g/mol. The lowest BCUT2D eigenvalue weighted by molar-refractivity contribution is -0.120. The van der Waals surface area contributed by atoms with Gasteiger partial charge in [0, 0.05) is 16.8 Å². The van der Waals surface area contributed by atoms with E-state index in [0.29, 0.717) is 33.3 Å². The first-order chi connectivity index (χ1) is 14.9. The zero-order valence-electron chi connectivity index (χ0n) is 16.8. The van der Waals surface area contributed by atoms with Crippen LogP contribution in [0.5, 0.6) is 5.75 Å². The second-order valence-electron chi connectivity index (χ2n) is 6.94. The summed E-state index contributed by atoms with van der Waals surface area (Å²) in [5.41, 5.74) is 2.22. The molecule has 0 saturated carbocycles. The van der Waals surface area contributed by atoms with Crippen LogP contribution in [0, 0.1) is 12.7 Å². The van der Waals surface area contributed by atoms with Gasteiger partial charge in [-0.2, -0.15) is 0 Å². The quantitative estimate of drug-likeness (QED) is 0.559. The predicted molar refractivity (Wildman–Crippen MR) is 119 cm³/mol. The van der Waals surface area contributed by atoms with E-state index in [1.165, 1.54) is 31.4 Å². The Bertz CT molecular complexity index is 1220. The van der Waals surface area contributed by atoms with E-state index < -0.39 is 17.6 Å². The molecule has 5 nitrogen and oxygen atoms in total. The van der Waals surface area contributed by atoms with Crippen molar-refractivity contribution in [2.75, 3.05) is 17.3 Å². The largest absolute Gasteiger partial charge is 0.497 e. The van der Waals surface area contributed by atoms with Gasteiger partial charge in [0.1, 0.15) is 17.3 Å². The van der Waals surface area contributed by atoms with Crippen LogP contribution in [0.25, 0.3) is 5.57 Å². The molecule has 3 aromatic rings. The molecule has 0 bridgehead atoms. The number of benzene rings is 3. The molecule has 1 aliphatic heterocycles. The van der Waals surface area contributed by atoms with Crippen molar-refractivity contribution in [3.8, 4) is 5.75 Å². The van der Waals surface area contributed by atoms with E-state index in [1.54, 1.807) is 49.4 Å². The first-order valence-electron chi connectivity index (χ1n) is 9.46. The van der Waals surface area contributed by atoms with Crippen LogP contribution in [0.2, 0.25) is 5.02 Å². The van der Waals surface area contributed by atoms with E-state index in [4.69, 9.17) is 16.3 Å². The van der Waals surface area contributed by atoms with Crippen LogP contribution in [-0.2, 0) is 9.59 Å². The molecule has 0 spiro atoms. The summed E-state index contributed by atoms with van der Waals surface area (Å²) in [5, 5.41) is 3.49. The summed E-state index contributed by atoms with van der Waals surface area (Å²) >= 11 is 6.22. The summed E-state index contributed by atoms with van der Waals surface area (Å²) in [7, 11) is 1.54. The SMILES string of the molecule is COc1cccc(NC2=C(c3ccc(F)cc3)C(=O)N(c3cccc(Cl)c3C)C2=O)c1. The number of nitrogens with zero attached hydrogens (tertiary/aromatic N) is 1. The fourth-order valence-corrected chi connectivity index (χ4v) is 3.60. The Labute approximate surface area is 183 Å². The van der Waals surface area contributed by atoms with Crippen molar-refractivity contribution >= 4 is 40.4 Å². The van der Waals surface area contributed by atoms with E-state index in [-0.39, 0.29) is 11.3 Å². The minimum absolute atomic E-state index is 0.0873. The standard InChI is InChI=1S/C24H18ClFN2O3/c1-14-19(25)7-4-8-20(14)28-23(29)21(15-9-11-16(26)12-10-15)22(24(28)30)27-17-5-3-6-18(13-17)31-2/h3-13,27H,1-2H3. The highest BCUT2D eigenvalue weighted by Gasteiger charge is 2.41. The molecule has 0 saturated heterocycles. The van der Waals surface area contributed by atoms with Gasteiger partial charge in [0.15, 0.2) is 0 Å². The summed E-state index contributed by atoms with van der Waals surface area (Å²) in [6.07, 6.45) is 0. The average Bonchev–Trinajstić information content (AvgIpc) is 3.00. The average molecular weight is 437 g/mol. The van der Waals surface area contributed by atoms with Gasteiger partial charge in [-0.3, -0.25) is 9.59 Å². The minimum atomic E-state index is -0.530. The zero-order chi connectivity index (χ0) is 22.1. The number of rotatable bonds is 5. The predicted octanol–water partition coefficient (Wildman–Crippen LogP) is 5.19. The molecule has 0 aliphatic carbocycles. The maximum Gasteiger partial charge on any atom is 0.282 e. The number of hydrogen-bond donors (Lipinski definition) is 1. The molecule has 0 atom stereocenters. The number of hydrogen-bond acceptors (Lipinski definition) is 4. The topological polar surface area (TPSA) is 58.6 Å². The third-order valence-corrected chi connectivity index (χ3v) is 5.45. The molecular formula is C24H18ClFN2O3. The third-order valence-electron chi connectivity index (χ3n) is 5.04. The van der Waals surface area contributed by atoms with E-state index >= 15 is 0 Å². The lowest BCUT2D eigenvalue weighted by Crippen LogP contribution is -2.33. The number of carbonyl (C=O) groups is 2. The second kappa shape index (κ2) is 8.24. The molecule has 31 heavy (non-hydrogen) atoms. The molecule has 0 unspecified atom stereocenters. The maximum atomic E-state index is 13.5. The molecule has 1 heterocycles. The number of ether oxygens (including phenoxy) is 1. The monoisotopic (exact) mass is 436 g/mol. The smallest absolute Gasteiger partial charge is 0.282 e. The number of imide groups is 1. The molecule has 156 valence electrons. The van der Waals surface area contributed by atoms with Crippen LogP contribution in [0.1, 0.15) is 11.1 Å². The number of halogens is 2. The Hall–Kier alpha value is -3.64. The second-order valence-corrected chi connectivity index (χ2v) is 7.35. The Kier molecular flexibility index (Phi) is 5.48. The van der Waals surface area contributed by atoms with Crippen LogP contribution in [0.3, 0.4) is 0 Å². The lowest BCUT2D eigenvalue weighted by atomic mass is 10.0. The van der Waals surface area contributed by atoms with E-state index in [2.05, 4.69) is 5.32 Å². The van der Waals surface area contributed by atoms with Crippen LogP contribution in [0.15, 0.2) is 72.4 Å². The molecule has 2 amide bonds. The summed E-state index contributed by atoms with van der Waals surface area (Å²) in [4.78, 5) is 27.9. The number of methoxy groups -OCH3 is 1. The Balaban J connectivity index is 1.84. The molecule has 0 fully saturated rings. The first-order valence-corrected chi connectivity index (χ1v) is 9.83. The lowest BCUT2D eigenvalue weighted by Gasteiger charge is -2.18. The van der Waals surface area contributed by atoms with E-state index in [9.17, 15) is 14.0 Å². The van der Waals surface area contributed by atoms with Gasteiger partial charge >= 0.3 is 0 Å². The van der Waals surface area contributed by atoms with Crippen LogP contribution in [-0.4, -0.2) is 18.9 Å². The van der Waals surface area contributed by atoms with Gasteiger partial charge in [0.05, 0.1) is 18.4 Å². The minimum Gasteiger partial charge on any atom is -0.497 e. The van der Waals surface area contributed by atoms with E-state index in [0.717, 1.165) is 4.90 Å². The summed E-state index contributed by atoms with van der Waals surface area (Å²) in [6, 6.07) is 17.5. The van der Waals surface area contributed by atoms with Crippen LogP contribution >= 0.6 is 11.6 Å². The van der Waals surface area contributed by atoms with Gasteiger partial charge in [-0.05, 0) is 54.4 Å². The summed E-state index contributed by atoms with van der Waals surface area (Å²) in [5.74, 6) is -0.899. The van der Waals surface area contributed by atoms with Gasteiger partial charge < -0.3 is 10.1 Å². The fourth-order valence-electron chi connectivity index (χ4n) is 3.43. The molecule has 3 aromatic carbocycles. The first kappa shape index (κ1) is 20.6. The molecule has 1 N–H and O–H groups in total. The highest BCUT2D eigenvalue weighted by molar-refractivity contribution is 6.46. The third kappa shape index (κ3) is 3.78. The molecule has 0 radical (unpaired) electrons. The number of carbonyl (C=O) groups excluding carboxylic acids is 2. The van der Waals surface area contributed by atoms with Crippen molar-refractivity contribution < 1.29 is 18.7 Å². The number of nitrogens with one attached hydrogen (secondary N) is 1. The van der Waals surface area contributed by atoms with Crippen molar-refractivity contribution in [1.82, 2.24) is 0 Å². The van der Waals surface area contributed by atoms with Gasteiger partial charge in [-0.15, -0.1) is 0 Å². The highest BCUT2D eigenvalue weighted by Crippen LogP contribution is 2.37. The summed E-state index contributed by atoms with van der Waals surface area (Å²) < 4.78 is 18.7. The van der Waals surface area contributed by atoms with Gasteiger partial charge in [0.25, 0.3) is 11.8 Å². The van der Waals surface area contributed by atoms with Gasteiger partial charge in [0.2, 0.25) is 0 Å². The molecule has 1 aliphatic rings. The number of anilines is 2. The Morgan fingerprint density at radius 2 is 1.68 bits per heavy atom. The fraction of sp³-hybridized carbons (Fsp3) is 0.0833. The normalized spacial score (nSPS) is 13.7. The molecule has 7 heteroatoms. The highest BCUT2D eigenvalue weighted by atomic mass is 35.5. The van der Waals surface area contributed by atoms with Gasteiger partial charge in [-0.1, -0.05) is 35.9 Å². The molecule has 0 aromatic heterocycles. The Morgan fingerprint density at radius 1 is 0.968 bits per heavy atom. The van der Waals surface area contributed by atoms with Crippen molar-refractivity contribution in [3.05, 3.63) is 94.4 Å².